The van der Waals surface area contributed by atoms with Gasteiger partial charge in [0.2, 0.25) is 0 Å². The highest BCUT2D eigenvalue weighted by Gasteiger charge is 2.26. The van der Waals surface area contributed by atoms with Gasteiger partial charge in [-0.05, 0) is 31.2 Å². The maximum Gasteiger partial charge on any atom is 0.343 e. The smallest absolute Gasteiger partial charge is 0.343 e. The lowest BCUT2D eigenvalue weighted by atomic mass is 9.88. The third-order valence-electron chi connectivity index (χ3n) is 4.60. The standard InChI is InChI=1S/C19H22O3/c1-2-14(13-9-5-3-6-10-13)17-18(20)15-11-7-4-8-12-16(15)22-19(17)21/h3,5-6,9-10,14,20H,2,4,7-8,11-12H2,1H3/t14-/m1/s1. The van der Waals surface area contributed by atoms with Gasteiger partial charge >= 0.3 is 5.63 Å². The van der Waals surface area contributed by atoms with Gasteiger partial charge in [-0.15, -0.1) is 0 Å². The van der Waals surface area contributed by atoms with E-state index in [1.807, 2.05) is 37.3 Å². The molecule has 3 nitrogen and oxygen atoms in total. The highest BCUT2D eigenvalue weighted by atomic mass is 16.4. The van der Waals surface area contributed by atoms with Gasteiger partial charge in [0.1, 0.15) is 11.5 Å². The van der Waals surface area contributed by atoms with Crippen molar-refractivity contribution in [2.24, 2.45) is 0 Å². The van der Waals surface area contributed by atoms with E-state index in [1.165, 1.54) is 0 Å². The molecule has 1 aliphatic carbocycles. The molecule has 0 aliphatic heterocycles. The molecule has 0 saturated heterocycles. The van der Waals surface area contributed by atoms with Crippen molar-refractivity contribution in [1.29, 1.82) is 0 Å². The van der Waals surface area contributed by atoms with Crippen molar-refractivity contribution < 1.29 is 9.52 Å². The molecule has 0 unspecified atom stereocenters. The van der Waals surface area contributed by atoms with Crippen molar-refractivity contribution >= 4 is 0 Å². The van der Waals surface area contributed by atoms with Crippen LogP contribution in [0.25, 0.3) is 0 Å². The minimum absolute atomic E-state index is 0.119. The quantitative estimate of drug-likeness (QED) is 0.866. The van der Waals surface area contributed by atoms with Gasteiger partial charge in [0.15, 0.2) is 0 Å². The Morgan fingerprint density at radius 2 is 1.86 bits per heavy atom. The van der Waals surface area contributed by atoms with Crippen molar-refractivity contribution in [3.63, 3.8) is 0 Å². The summed E-state index contributed by atoms with van der Waals surface area (Å²) in [7, 11) is 0. The summed E-state index contributed by atoms with van der Waals surface area (Å²) in [6.45, 7) is 2.03. The van der Waals surface area contributed by atoms with Crippen LogP contribution in [-0.4, -0.2) is 5.11 Å². The zero-order chi connectivity index (χ0) is 15.5. The minimum atomic E-state index is -0.381. The Kier molecular flexibility index (Phi) is 4.32. The van der Waals surface area contributed by atoms with Gasteiger partial charge in [-0.25, -0.2) is 4.79 Å². The Bertz CT molecular complexity index is 701. The summed E-state index contributed by atoms with van der Waals surface area (Å²) >= 11 is 0. The van der Waals surface area contributed by atoms with Crippen LogP contribution in [-0.2, 0) is 12.8 Å². The molecule has 1 N–H and O–H groups in total. The molecule has 1 aromatic heterocycles. The molecule has 0 radical (unpaired) electrons. The molecule has 0 fully saturated rings. The molecule has 3 rings (SSSR count). The van der Waals surface area contributed by atoms with Gasteiger partial charge < -0.3 is 9.52 Å². The summed E-state index contributed by atoms with van der Waals surface area (Å²) in [5, 5.41) is 10.7. The summed E-state index contributed by atoms with van der Waals surface area (Å²) in [6, 6.07) is 9.87. The molecular weight excluding hydrogens is 276 g/mol. The van der Waals surface area contributed by atoms with E-state index in [4.69, 9.17) is 4.42 Å². The van der Waals surface area contributed by atoms with Gasteiger partial charge in [-0.3, -0.25) is 0 Å². The lowest BCUT2D eigenvalue weighted by molar-refractivity contribution is 0.398. The van der Waals surface area contributed by atoms with E-state index in [1.54, 1.807) is 0 Å². The van der Waals surface area contributed by atoms with Gasteiger partial charge in [0.05, 0.1) is 5.56 Å². The normalized spacial score (nSPS) is 15.9. The number of hydrogen-bond acceptors (Lipinski definition) is 3. The minimum Gasteiger partial charge on any atom is -0.507 e. The van der Waals surface area contributed by atoms with Crippen LogP contribution in [0.4, 0.5) is 0 Å². The molecule has 22 heavy (non-hydrogen) atoms. The molecule has 0 spiro atoms. The van der Waals surface area contributed by atoms with Gasteiger partial charge in [-0.2, -0.15) is 0 Å². The molecule has 3 heteroatoms. The van der Waals surface area contributed by atoms with Crippen molar-refractivity contribution in [3.8, 4) is 5.75 Å². The van der Waals surface area contributed by atoms with Crippen LogP contribution in [0.15, 0.2) is 39.5 Å². The van der Waals surface area contributed by atoms with Crippen LogP contribution in [0, 0.1) is 0 Å². The second-order valence-electron chi connectivity index (χ2n) is 5.99. The van der Waals surface area contributed by atoms with Gasteiger partial charge in [-0.1, -0.05) is 43.7 Å². The third kappa shape index (κ3) is 2.68. The molecule has 116 valence electrons. The monoisotopic (exact) mass is 298 g/mol. The van der Waals surface area contributed by atoms with E-state index in [2.05, 4.69) is 0 Å². The second-order valence-corrected chi connectivity index (χ2v) is 5.99. The fourth-order valence-electron chi connectivity index (χ4n) is 3.44. The predicted molar refractivity (Wildman–Crippen MR) is 86.5 cm³/mol. The Morgan fingerprint density at radius 1 is 1.14 bits per heavy atom. The van der Waals surface area contributed by atoms with E-state index < -0.39 is 0 Å². The lowest BCUT2D eigenvalue weighted by Crippen LogP contribution is -2.16. The topological polar surface area (TPSA) is 50.4 Å². The highest BCUT2D eigenvalue weighted by molar-refractivity contribution is 5.46. The highest BCUT2D eigenvalue weighted by Crippen LogP contribution is 2.36. The number of rotatable bonds is 3. The SMILES string of the molecule is CC[C@H](c1ccccc1)c1c(O)c2c(oc1=O)CCCCC2. The molecule has 1 aliphatic rings. The Balaban J connectivity index is 2.14. The number of aromatic hydroxyl groups is 1. The Hall–Kier alpha value is -2.03. The number of benzene rings is 1. The molecule has 0 amide bonds. The van der Waals surface area contributed by atoms with Crippen LogP contribution >= 0.6 is 0 Å². The van der Waals surface area contributed by atoms with Crippen molar-refractivity contribution in [2.45, 2.75) is 51.4 Å². The molecule has 0 bridgehead atoms. The lowest BCUT2D eigenvalue weighted by Gasteiger charge is -2.18. The van der Waals surface area contributed by atoms with Crippen LogP contribution in [0.5, 0.6) is 5.75 Å². The molecule has 1 heterocycles. The van der Waals surface area contributed by atoms with Crippen LogP contribution < -0.4 is 5.63 Å². The van der Waals surface area contributed by atoms with E-state index in [0.29, 0.717) is 11.3 Å². The molecular formula is C19H22O3. The molecule has 0 saturated carbocycles. The Labute approximate surface area is 130 Å². The van der Waals surface area contributed by atoms with Gasteiger partial charge in [0.25, 0.3) is 0 Å². The Morgan fingerprint density at radius 3 is 2.59 bits per heavy atom. The summed E-state index contributed by atoms with van der Waals surface area (Å²) < 4.78 is 5.58. The van der Waals surface area contributed by atoms with Crippen molar-refractivity contribution in [1.82, 2.24) is 0 Å². The van der Waals surface area contributed by atoms with E-state index in [0.717, 1.165) is 49.7 Å². The fourth-order valence-corrected chi connectivity index (χ4v) is 3.44. The zero-order valence-corrected chi connectivity index (χ0v) is 13.0. The number of fused-ring (bicyclic) bond motifs is 1. The summed E-state index contributed by atoms with van der Waals surface area (Å²) in [4.78, 5) is 12.5. The average molecular weight is 298 g/mol. The van der Waals surface area contributed by atoms with Crippen LogP contribution in [0.1, 0.15) is 61.0 Å². The van der Waals surface area contributed by atoms with Crippen LogP contribution in [0.2, 0.25) is 0 Å². The zero-order valence-electron chi connectivity index (χ0n) is 13.0. The maximum absolute atomic E-state index is 12.5. The third-order valence-corrected chi connectivity index (χ3v) is 4.60. The largest absolute Gasteiger partial charge is 0.507 e. The van der Waals surface area contributed by atoms with E-state index in [-0.39, 0.29) is 17.3 Å². The van der Waals surface area contributed by atoms with Crippen molar-refractivity contribution in [2.75, 3.05) is 0 Å². The number of hydrogen-bond donors (Lipinski definition) is 1. The first-order valence-corrected chi connectivity index (χ1v) is 8.15. The first-order valence-electron chi connectivity index (χ1n) is 8.15. The van der Waals surface area contributed by atoms with Gasteiger partial charge in [0, 0.05) is 17.9 Å². The molecule has 2 aromatic rings. The molecule has 1 atom stereocenters. The molecule has 1 aromatic carbocycles. The van der Waals surface area contributed by atoms with E-state index >= 15 is 0 Å². The summed E-state index contributed by atoms with van der Waals surface area (Å²) in [6.07, 6.45) is 5.47. The second kappa shape index (κ2) is 6.39. The maximum atomic E-state index is 12.5. The average Bonchev–Trinajstić information content (AvgIpc) is 2.77. The van der Waals surface area contributed by atoms with E-state index in [9.17, 15) is 9.90 Å². The first-order chi connectivity index (χ1) is 10.7. The van der Waals surface area contributed by atoms with Crippen molar-refractivity contribution in [3.05, 3.63) is 63.2 Å². The summed E-state index contributed by atoms with van der Waals surface area (Å²) in [5.74, 6) is 0.738. The first kappa shape index (κ1) is 14.9. The summed E-state index contributed by atoms with van der Waals surface area (Å²) in [5.41, 5.74) is 1.94. The predicted octanol–water partition coefficient (Wildman–Crippen LogP) is 4.16. The number of aryl methyl sites for hydroxylation is 1. The van der Waals surface area contributed by atoms with Crippen LogP contribution in [0.3, 0.4) is 0 Å². The fraction of sp³-hybridized carbons (Fsp3) is 0.421.